The van der Waals surface area contributed by atoms with E-state index in [1.807, 2.05) is 21.1 Å². The first-order valence-corrected chi connectivity index (χ1v) is 30.1. The molecular formula is C64H113NO8. The zero-order chi connectivity index (χ0) is 53.4. The number of aliphatic carboxylic acids is 1. The molecule has 0 fully saturated rings. The van der Waals surface area contributed by atoms with Gasteiger partial charge in [0.2, 0.25) is 0 Å². The smallest absolute Gasteiger partial charge is 0.306 e. The van der Waals surface area contributed by atoms with E-state index in [4.69, 9.17) is 18.9 Å². The number of rotatable bonds is 55. The Morgan fingerprint density at radius 1 is 0.425 bits per heavy atom. The normalized spacial score (nSPS) is 13.3. The zero-order valence-corrected chi connectivity index (χ0v) is 48.0. The van der Waals surface area contributed by atoms with Crippen LogP contribution in [0.3, 0.4) is 0 Å². The summed E-state index contributed by atoms with van der Waals surface area (Å²) in [5, 5.41) is 11.8. The first-order chi connectivity index (χ1) is 35.6. The highest BCUT2D eigenvalue weighted by Crippen LogP contribution is 2.16. The van der Waals surface area contributed by atoms with Gasteiger partial charge in [-0.25, -0.2) is 0 Å². The highest BCUT2D eigenvalue weighted by molar-refractivity contribution is 5.70. The number of ether oxygens (including phenoxy) is 4. The Morgan fingerprint density at radius 2 is 0.781 bits per heavy atom. The van der Waals surface area contributed by atoms with E-state index < -0.39 is 24.3 Å². The molecule has 9 heteroatoms. The molecule has 0 aromatic heterocycles. The fraction of sp³-hybridized carbons (Fsp3) is 0.766. The van der Waals surface area contributed by atoms with Crippen LogP contribution in [-0.4, -0.2) is 82.3 Å². The van der Waals surface area contributed by atoms with Crippen LogP contribution in [0.2, 0.25) is 0 Å². The average molecular weight is 1020 g/mol. The van der Waals surface area contributed by atoms with Crippen LogP contribution >= 0.6 is 0 Å². The number of quaternary nitrogens is 1. The number of allylic oxidation sites excluding steroid dienone is 12. The topological polar surface area (TPSA) is 111 Å². The quantitative estimate of drug-likeness (QED) is 0.0195. The molecular weight excluding hydrogens is 911 g/mol. The van der Waals surface area contributed by atoms with Crippen LogP contribution in [0.5, 0.6) is 0 Å². The number of unbranched alkanes of at least 4 members (excludes halogenated alkanes) is 28. The minimum Gasteiger partial charge on any atom is -0.545 e. The maximum Gasteiger partial charge on any atom is 0.306 e. The number of hydrogen-bond acceptors (Lipinski definition) is 8. The molecule has 0 saturated carbocycles. The monoisotopic (exact) mass is 1020 g/mol. The van der Waals surface area contributed by atoms with Gasteiger partial charge in [-0.3, -0.25) is 9.59 Å². The maximum absolute atomic E-state index is 12.9. The number of carbonyl (C=O) groups is 3. The lowest BCUT2D eigenvalue weighted by Crippen LogP contribution is -2.44. The Morgan fingerprint density at radius 3 is 1.18 bits per heavy atom. The molecule has 422 valence electrons. The summed E-state index contributed by atoms with van der Waals surface area (Å²) in [6.07, 6.45) is 68.2. The van der Waals surface area contributed by atoms with Gasteiger partial charge in [-0.05, 0) is 83.5 Å². The molecule has 0 amide bonds. The third-order valence-corrected chi connectivity index (χ3v) is 12.9. The molecule has 0 aromatic carbocycles. The maximum atomic E-state index is 12.9. The van der Waals surface area contributed by atoms with Crippen molar-refractivity contribution in [3.63, 3.8) is 0 Å². The second kappa shape index (κ2) is 55.0. The summed E-state index contributed by atoms with van der Waals surface area (Å²) >= 11 is 0. The van der Waals surface area contributed by atoms with Crippen molar-refractivity contribution in [2.24, 2.45) is 0 Å². The van der Waals surface area contributed by atoms with Gasteiger partial charge in [0.1, 0.15) is 13.2 Å². The van der Waals surface area contributed by atoms with Crippen LogP contribution in [0.1, 0.15) is 258 Å². The molecule has 0 aromatic rings. The first kappa shape index (κ1) is 69.7. The number of nitrogens with zero attached hydrogens (tertiary/aromatic N) is 1. The molecule has 0 aliphatic heterocycles. The predicted octanol–water partition coefficient (Wildman–Crippen LogP) is 16.5. The van der Waals surface area contributed by atoms with Crippen molar-refractivity contribution in [1.29, 1.82) is 0 Å². The van der Waals surface area contributed by atoms with Gasteiger partial charge in [0.15, 0.2) is 12.4 Å². The minimum absolute atomic E-state index is 0.146. The Balaban J connectivity index is 4.11. The van der Waals surface area contributed by atoms with Crippen molar-refractivity contribution in [3.05, 3.63) is 72.9 Å². The summed E-state index contributed by atoms with van der Waals surface area (Å²) < 4.78 is 22.7. The van der Waals surface area contributed by atoms with E-state index in [0.717, 1.165) is 83.5 Å². The predicted molar refractivity (Wildman–Crippen MR) is 306 cm³/mol. The third-order valence-electron chi connectivity index (χ3n) is 12.9. The minimum atomic E-state index is -1.62. The lowest BCUT2D eigenvalue weighted by atomic mass is 10.0. The number of carbonyl (C=O) groups excluding carboxylic acids is 3. The van der Waals surface area contributed by atoms with Gasteiger partial charge in [-0.15, -0.1) is 0 Å². The van der Waals surface area contributed by atoms with E-state index in [2.05, 4.69) is 86.8 Å². The Bertz CT molecular complexity index is 1420. The molecule has 9 nitrogen and oxygen atoms in total. The SMILES string of the molecule is CC/C=C\C/C=C\C/C=C\C/C=C\C/C=C\CCCCCCCCCCCCCCCCCCCC(=O)OC(COC(=O)CCCCCCC/C=C\CCCCCCCC)COC(OCC[N+](C)(C)C)C(=O)[O-]. The number of carboxylic acid groups (broad SMARTS) is 1. The molecule has 0 aliphatic carbocycles. The van der Waals surface area contributed by atoms with Gasteiger partial charge in [0, 0.05) is 12.8 Å². The van der Waals surface area contributed by atoms with E-state index in [1.165, 1.54) is 141 Å². The van der Waals surface area contributed by atoms with Gasteiger partial charge in [-0.2, -0.15) is 0 Å². The summed E-state index contributed by atoms with van der Waals surface area (Å²) in [4.78, 5) is 37.3. The number of carboxylic acids is 1. The van der Waals surface area contributed by atoms with Crippen molar-refractivity contribution in [3.8, 4) is 0 Å². The summed E-state index contributed by atoms with van der Waals surface area (Å²) in [5.41, 5.74) is 0. The second-order valence-corrected chi connectivity index (χ2v) is 21.3. The molecule has 0 heterocycles. The molecule has 73 heavy (non-hydrogen) atoms. The average Bonchev–Trinajstić information content (AvgIpc) is 3.36. The molecule has 0 rings (SSSR count). The highest BCUT2D eigenvalue weighted by atomic mass is 16.7. The van der Waals surface area contributed by atoms with Gasteiger partial charge < -0.3 is 33.3 Å². The zero-order valence-electron chi connectivity index (χ0n) is 48.0. The standard InChI is InChI=1S/C64H113NO8/c1-6-8-10-12-14-16-18-20-22-23-24-25-26-27-28-29-30-31-32-33-34-35-36-37-38-39-41-43-45-47-49-51-53-55-62(67)73-60(59-72-64(63(68)69)70-57-56-65(3,4)5)58-71-61(66)54-52-50-48-46-44-42-40-21-19-17-15-13-11-9-7-2/h8,10,14,16,20-22,24-25,27-28,40,60,64H,6-7,9,11-13,15,17-19,23,26,29-39,41-59H2,1-5H3/b10-8-,16-14-,22-20-,25-24-,28-27-,40-21-. The Labute approximate surface area is 449 Å². The largest absolute Gasteiger partial charge is 0.545 e. The van der Waals surface area contributed by atoms with Crippen LogP contribution in [0.25, 0.3) is 0 Å². The van der Waals surface area contributed by atoms with Gasteiger partial charge >= 0.3 is 11.9 Å². The van der Waals surface area contributed by atoms with Crippen molar-refractivity contribution >= 4 is 17.9 Å². The van der Waals surface area contributed by atoms with Crippen LogP contribution in [0.15, 0.2) is 72.9 Å². The molecule has 0 radical (unpaired) electrons. The highest BCUT2D eigenvalue weighted by Gasteiger charge is 2.22. The molecule has 2 atom stereocenters. The fourth-order valence-electron chi connectivity index (χ4n) is 8.32. The molecule has 0 aliphatic rings. The Kier molecular flexibility index (Phi) is 52.5. The van der Waals surface area contributed by atoms with Gasteiger partial charge in [0.25, 0.3) is 0 Å². The van der Waals surface area contributed by atoms with Gasteiger partial charge in [0.05, 0.1) is 40.3 Å². The molecule has 2 unspecified atom stereocenters. The van der Waals surface area contributed by atoms with E-state index in [-0.39, 0.29) is 38.6 Å². The molecule has 0 N–H and O–H groups in total. The van der Waals surface area contributed by atoms with Crippen LogP contribution in [-0.2, 0) is 33.3 Å². The van der Waals surface area contributed by atoms with Crippen molar-refractivity contribution in [1.82, 2.24) is 0 Å². The lowest BCUT2D eigenvalue weighted by molar-refractivity contribution is -0.870. The van der Waals surface area contributed by atoms with Gasteiger partial charge in [-0.1, -0.05) is 234 Å². The van der Waals surface area contributed by atoms with E-state index in [1.54, 1.807) is 0 Å². The number of esters is 2. The summed E-state index contributed by atoms with van der Waals surface area (Å²) in [6.45, 7) is 4.63. The summed E-state index contributed by atoms with van der Waals surface area (Å²) in [6, 6.07) is 0. The van der Waals surface area contributed by atoms with Crippen LogP contribution < -0.4 is 5.11 Å². The summed E-state index contributed by atoms with van der Waals surface area (Å²) in [7, 11) is 5.92. The second-order valence-electron chi connectivity index (χ2n) is 21.3. The van der Waals surface area contributed by atoms with E-state index in [9.17, 15) is 19.5 Å². The molecule has 0 saturated heterocycles. The Hall–Kier alpha value is -3.27. The lowest BCUT2D eigenvalue weighted by Gasteiger charge is -2.26. The third kappa shape index (κ3) is 56.3. The van der Waals surface area contributed by atoms with E-state index >= 15 is 0 Å². The number of likely N-dealkylation sites (N-methyl/N-ethyl adjacent to an activating group) is 1. The first-order valence-electron chi connectivity index (χ1n) is 30.1. The van der Waals surface area contributed by atoms with Crippen molar-refractivity contribution in [2.45, 2.75) is 270 Å². The van der Waals surface area contributed by atoms with Crippen molar-refractivity contribution in [2.75, 3.05) is 47.5 Å². The van der Waals surface area contributed by atoms with Crippen LogP contribution in [0.4, 0.5) is 0 Å². The fourth-order valence-corrected chi connectivity index (χ4v) is 8.32. The molecule has 0 bridgehead atoms. The van der Waals surface area contributed by atoms with Crippen molar-refractivity contribution < 1.29 is 42.9 Å². The summed E-state index contributed by atoms with van der Waals surface area (Å²) in [5.74, 6) is -2.29. The van der Waals surface area contributed by atoms with Crippen LogP contribution in [0, 0.1) is 0 Å². The molecule has 0 spiro atoms. The van der Waals surface area contributed by atoms with E-state index in [0.29, 0.717) is 17.4 Å². The number of hydrogen-bond donors (Lipinski definition) is 0.